The summed E-state index contributed by atoms with van der Waals surface area (Å²) in [5.74, 6) is 0.734. The number of halogens is 2. The Bertz CT molecular complexity index is 511. The van der Waals surface area contributed by atoms with Crippen molar-refractivity contribution in [1.29, 1.82) is 0 Å². The van der Waals surface area contributed by atoms with Crippen LogP contribution in [0.25, 0.3) is 0 Å². The van der Waals surface area contributed by atoms with E-state index in [2.05, 4.69) is 10.5 Å². The van der Waals surface area contributed by atoms with Crippen LogP contribution < -0.4 is 5.32 Å². The van der Waals surface area contributed by atoms with Crippen LogP contribution in [-0.2, 0) is 13.1 Å². The molecule has 0 fully saturated rings. The quantitative estimate of drug-likeness (QED) is 0.888. The second kappa shape index (κ2) is 5.73. The summed E-state index contributed by atoms with van der Waals surface area (Å²) in [6.45, 7) is 2.89. The highest BCUT2D eigenvalue weighted by atomic mass is 19.3. The lowest BCUT2D eigenvalue weighted by Crippen LogP contribution is -2.12. The van der Waals surface area contributed by atoms with Gasteiger partial charge in [0.25, 0.3) is 6.43 Å². The summed E-state index contributed by atoms with van der Waals surface area (Å²) in [7, 11) is 0. The Hall–Kier alpha value is -1.75. The van der Waals surface area contributed by atoms with E-state index in [1.807, 2.05) is 19.1 Å². The molecule has 0 saturated heterocycles. The Morgan fingerprint density at radius 1 is 1.28 bits per heavy atom. The summed E-state index contributed by atoms with van der Waals surface area (Å²) in [4.78, 5) is 0. The van der Waals surface area contributed by atoms with E-state index < -0.39 is 6.43 Å². The van der Waals surface area contributed by atoms with Gasteiger partial charge in [0.15, 0.2) is 5.76 Å². The van der Waals surface area contributed by atoms with Crippen molar-refractivity contribution in [2.75, 3.05) is 0 Å². The van der Waals surface area contributed by atoms with Gasteiger partial charge in [-0.1, -0.05) is 23.4 Å². The van der Waals surface area contributed by atoms with Gasteiger partial charge in [-0.05, 0) is 18.6 Å². The third kappa shape index (κ3) is 3.37. The molecular weight excluding hydrogens is 238 g/mol. The molecule has 0 aliphatic carbocycles. The first-order valence-electron chi connectivity index (χ1n) is 5.65. The fourth-order valence-corrected chi connectivity index (χ4v) is 1.67. The van der Waals surface area contributed by atoms with Crippen molar-refractivity contribution in [2.24, 2.45) is 0 Å². The van der Waals surface area contributed by atoms with Gasteiger partial charge in [-0.15, -0.1) is 0 Å². The number of alkyl halides is 2. The molecule has 0 unspecified atom stereocenters. The number of hydrogen-bond donors (Lipinski definition) is 1. The first-order chi connectivity index (χ1) is 8.65. The monoisotopic (exact) mass is 252 g/mol. The fourth-order valence-electron chi connectivity index (χ4n) is 1.67. The Kier molecular flexibility index (Phi) is 4.04. The number of nitrogens with one attached hydrogen (secondary N) is 1. The predicted octanol–water partition coefficient (Wildman–Crippen LogP) is 3.21. The lowest BCUT2D eigenvalue weighted by molar-refractivity contribution is 0.151. The highest BCUT2D eigenvalue weighted by Crippen LogP contribution is 2.19. The van der Waals surface area contributed by atoms with Gasteiger partial charge in [0.1, 0.15) is 0 Å². The maximum absolute atomic E-state index is 12.5. The van der Waals surface area contributed by atoms with Gasteiger partial charge in [-0.3, -0.25) is 0 Å². The maximum atomic E-state index is 12.5. The summed E-state index contributed by atoms with van der Waals surface area (Å²) < 4.78 is 30.0. The van der Waals surface area contributed by atoms with Gasteiger partial charge >= 0.3 is 0 Å². The maximum Gasteiger partial charge on any atom is 0.263 e. The van der Waals surface area contributed by atoms with Gasteiger partial charge in [-0.25, -0.2) is 8.78 Å². The number of aromatic nitrogens is 1. The molecule has 2 aromatic rings. The van der Waals surface area contributed by atoms with Crippen molar-refractivity contribution < 1.29 is 13.3 Å². The van der Waals surface area contributed by atoms with Crippen molar-refractivity contribution in [3.8, 4) is 0 Å². The summed E-state index contributed by atoms with van der Waals surface area (Å²) >= 11 is 0. The van der Waals surface area contributed by atoms with Crippen molar-refractivity contribution >= 4 is 0 Å². The van der Waals surface area contributed by atoms with Crippen LogP contribution in [-0.4, -0.2) is 5.16 Å². The van der Waals surface area contributed by atoms with Crippen molar-refractivity contribution in [2.45, 2.75) is 26.4 Å². The summed E-state index contributed by atoms with van der Waals surface area (Å²) in [6.07, 6.45) is -2.43. The minimum absolute atomic E-state index is 0.0461. The van der Waals surface area contributed by atoms with E-state index in [1.54, 1.807) is 6.07 Å². The molecule has 1 N–H and O–H groups in total. The van der Waals surface area contributed by atoms with Crippen LogP contribution in [0.15, 0.2) is 34.9 Å². The molecule has 2 rings (SSSR count). The van der Waals surface area contributed by atoms with Crippen molar-refractivity contribution in [1.82, 2.24) is 10.5 Å². The van der Waals surface area contributed by atoms with Gasteiger partial charge in [0.2, 0.25) is 0 Å². The second-order valence-electron chi connectivity index (χ2n) is 4.08. The minimum Gasteiger partial charge on any atom is -0.360 e. The predicted molar refractivity (Wildman–Crippen MR) is 63.2 cm³/mol. The van der Waals surface area contributed by atoms with E-state index in [9.17, 15) is 8.78 Å². The normalized spacial score (nSPS) is 11.1. The van der Waals surface area contributed by atoms with Crippen molar-refractivity contribution in [3.63, 3.8) is 0 Å². The van der Waals surface area contributed by atoms with Crippen LogP contribution in [0.4, 0.5) is 8.78 Å². The molecule has 1 heterocycles. The average Bonchev–Trinajstić information content (AvgIpc) is 2.75. The number of aryl methyl sites for hydroxylation is 1. The zero-order chi connectivity index (χ0) is 13.0. The summed E-state index contributed by atoms with van der Waals surface area (Å²) in [5.41, 5.74) is 1.69. The molecule has 0 atom stereocenters. The van der Waals surface area contributed by atoms with Crippen LogP contribution >= 0.6 is 0 Å². The lowest BCUT2D eigenvalue weighted by atomic mass is 10.1. The van der Waals surface area contributed by atoms with E-state index in [-0.39, 0.29) is 5.56 Å². The van der Waals surface area contributed by atoms with Crippen LogP contribution in [0, 0.1) is 6.92 Å². The van der Waals surface area contributed by atoms with Crippen molar-refractivity contribution in [3.05, 3.63) is 52.9 Å². The molecule has 0 radical (unpaired) electrons. The van der Waals surface area contributed by atoms with E-state index in [1.165, 1.54) is 12.1 Å². The first-order valence-corrected chi connectivity index (χ1v) is 5.65. The van der Waals surface area contributed by atoms with Crippen LogP contribution in [0.2, 0.25) is 0 Å². The standard InChI is InChI=1S/C13H14F2N2O/c1-9-5-12(18-17-9)8-16-7-10-3-2-4-11(6-10)13(14)15/h2-6,13,16H,7-8H2,1H3. The highest BCUT2D eigenvalue weighted by molar-refractivity contribution is 5.24. The largest absolute Gasteiger partial charge is 0.360 e. The number of rotatable bonds is 5. The fraction of sp³-hybridized carbons (Fsp3) is 0.308. The Labute approximate surface area is 104 Å². The first kappa shape index (κ1) is 12.7. The molecule has 0 saturated carbocycles. The van der Waals surface area contributed by atoms with Gasteiger partial charge in [0, 0.05) is 18.2 Å². The third-order valence-corrected chi connectivity index (χ3v) is 2.51. The third-order valence-electron chi connectivity index (χ3n) is 2.51. The molecular formula is C13H14F2N2O. The number of nitrogens with zero attached hydrogens (tertiary/aromatic N) is 1. The number of hydrogen-bond acceptors (Lipinski definition) is 3. The molecule has 1 aromatic heterocycles. The SMILES string of the molecule is Cc1cc(CNCc2cccc(C(F)F)c2)on1. The minimum atomic E-state index is -2.43. The van der Waals surface area contributed by atoms with E-state index in [0.29, 0.717) is 13.1 Å². The molecule has 0 aliphatic rings. The Morgan fingerprint density at radius 2 is 2.11 bits per heavy atom. The zero-order valence-corrected chi connectivity index (χ0v) is 9.99. The lowest BCUT2D eigenvalue weighted by Gasteiger charge is -2.05. The Balaban J connectivity index is 1.88. The van der Waals surface area contributed by atoms with E-state index in [0.717, 1.165) is 17.0 Å². The van der Waals surface area contributed by atoms with Crippen LogP contribution in [0.3, 0.4) is 0 Å². The highest BCUT2D eigenvalue weighted by Gasteiger charge is 2.07. The molecule has 96 valence electrons. The molecule has 5 heteroatoms. The topological polar surface area (TPSA) is 38.1 Å². The van der Waals surface area contributed by atoms with Gasteiger partial charge < -0.3 is 9.84 Å². The molecule has 0 amide bonds. The summed E-state index contributed by atoms with van der Waals surface area (Å²) in [5, 5.41) is 6.88. The average molecular weight is 252 g/mol. The molecule has 0 bridgehead atoms. The molecule has 0 aliphatic heterocycles. The molecule has 18 heavy (non-hydrogen) atoms. The van der Waals surface area contributed by atoms with E-state index >= 15 is 0 Å². The Morgan fingerprint density at radius 3 is 2.78 bits per heavy atom. The van der Waals surface area contributed by atoms with Gasteiger partial charge in [-0.2, -0.15) is 0 Å². The van der Waals surface area contributed by atoms with Gasteiger partial charge in [0.05, 0.1) is 12.2 Å². The summed E-state index contributed by atoms with van der Waals surface area (Å²) in [6, 6.07) is 8.21. The number of benzene rings is 1. The smallest absolute Gasteiger partial charge is 0.263 e. The van der Waals surface area contributed by atoms with Crippen LogP contribution in [0.1, 0.15) is 29.0 Å². The van der Waals surface area contributed by atoms with Crippen LogP contribution in [0.5, 0.6) is 0 Å². The second-order valence-corrected chi connectivity index (χ2v) is 4.08. The molecule has 3 nitrogen and oxygen atoms in total. The van der Waals surface area contributed by atoms with E-state index in [4.69, 9.17) is 4.52 Å². The molecule has 1 aromatic carbocycles. The zero-order valence-electron chi connectivity index (χ0n) is 9.99. The molecule has 0 spiro atoms.